The van der Waals surface area contributed by atoms with Gasteiger partial charge in [0.2, 0.25) is 11.8 Å². The predicted octanol–water partition coefficient (Wildman–Crippen LogP) is 0.967. The summed E-state index contributed by atoms with van der Waals surface area (Å²) in [6, 6.07) is 4.30. The fourth-order valence-electron chi connectivity index (χ4n) is 4.32. The fraction of sp³-hybridized carbons (Fsp3) is 0.565. The average molecular weight is 480 g/mol. The monoisotopic (exact) mass is 480 g/mol. The predicted molar refractivity (Wildman–Crippen MR) is 115 cm³/mol. The molecule has 2 amide bonds. The Hall–Kier alpha value is -3.05. The van der Waals surface area contributed by atoms with Gasteiger partial charge in [-0.2, -0.15) is 0 Å². The van der Waals surface area contributed by atoms with Gasteiger partial charge in [-0.1, -0.05) is 12.1 Å². The number of carboxylic acids is 1. The molecule has 3 rings (SSSR count). The molecule has 0 spiro atoms. The summed E-state index contributed by atoms with van der Waals surface area (Å²) in [5.41, 5.74) is 0.773. The number of halogens is 1. The van der Waals surface area contributed by atoms with Crippen LogP contribution in [0, 0.1) is 5.82 Å². The number of methoxy groups -OCH3 is 1. The van der Waals surface area contributed by atoms with Gasteiger partial charge in [-0.15, -0.1) is 0 Å². The minimum Gasteiger partial charge on any atom is -0.480 e. The topological polar surface area (TPSA) is 123 Å². The van der Waals surface area contributed by atoms with E-state index in [1.807, 2.05) is 0 Å². The van der Waals surface area contributed by atoms with Crippen molar-refractivity contribution >= 4 is 23.8 Å². The highest BCUT2D eigenvalue weighted by Gasteiger charge is 2.43. The number of likely N-dealkylation sites (tertiary alicyclic amines) is 2. The Morgan fingerprint density at radius 2 is 1.76 bits per heavy atom. The quantitative estimate of drug-likeness (QED) is 0.519. The normalized spacial score (nSPS) is 22.5. The van der Waals surface area contributed by atoms with E-state index in [0.29, 0.717) is 25.8 Å². The molecule has 10 nitrogen and oxygen atoms in total. The zero-order chi connectivity index (χ0) is 24.7. The maximum absolute atomic E-state index is 13.5. The van der Waals surface area contributed by atoms with E-state index in [1.165, 1.54) is 29.0 Å². The third-order valence-electron chi connectivity index (χ3n) is 6.02. The summed E-state index contributed by atoms with van der Waals surface area (Å²) >= 11 is 0. The van der Waals surface area contributed by atoms with Crippen LogP contribution in [0.25, 0.3) is 0 Å². The SMILES string of the molecule is COC(=O)[C@H]1CCCN1C(=O)[C@@H]1C[C@H](OCc2ccc(F)cc2)CCN1C(=O)COCC(=O)O. The number of aliphatic carboxylic acids is 1. The standard InChI is InChI=1S/C23H29FN2O8/c1-32-23(31)18-3-2-9-26(18)22(30)19-11-17(34-12-15-4-6-16(24)7-5-15)8-10-25(19)20(27)13-33-14-21(28)29/h4-7,17-19H,2-3,8-14H2,1H3,(H,28,29)/t17-,18-,19+/m1/s1. The molecule has 0 radical (unpaired) electrons. The molecule has 2 aliphatic rings. The molecule has 0 bridgehead atoms. The van der Waals surface area contributed by atoms with Gasteiger partial charge in [-0.05, 0) is 37.0 Å². The zero-order valence-corrected chi connectivity index (χ0v) is 19.0. The summed E-state index contributed by atoms with van der Waals surface area (Å²) in [5.74, 6) is -2.95. The van der Waals surface area contributed by atoms with E-state index in [1.54, 1.807) is 12.1 Å². The number of amides is 2. The lowest BCUT2D eigenvalue weighted by Gasteiger charge is -2.40. The smallest absolute Gasteiger partial charge is 0.329 e. The van der Waals surface area contributed by atoms with Crippen LogP contribution in [0.15, 0.2) is 24.3 Å². The van der Waals surface area contributed by atoms with Crippen LogP contribution in [0.1, 0.15) is 31.2 Å². The van der Waals surface area contributed by atoms with Crippen LogP contribution in [0.4, 0.5) is 4.39 Å². The summed E-state index contributed by atoms with van der Waals surface area (Å²) in [6.07, 6.45) is 1.43. The summed E-state index contributed by atoms with van der Waals surface area (Å²) in [4.78, 5) is 51.9. The maximum atomic E-state index is 13.5. The molecule has 1 aromatic carbocycles. The molecule has 11 heteroatoms. The number of esters is 1. The van der Waals surface area contributed by atoms with Crippen LogP contribution in [-0.2, 0) is 40.0 Å². The first-order valence-corrected chi connectivity index (χ1v) is 11.1. The van der Waals surface area contributed by atoms with Gasteiger partial charge in [0.25, 0.3) is 0 Å². The van der Waals surface area contributed by atoms with E-state index < -0.39 is 43.1 Å². The number of ether oxygens (including phenoxy) is 3. The lowest BCUT2D eigenvalue weighted by atomic mass is 9.97. The highest BCUT2D eigenvalue weighted by atomic mass is 19.1. The highest BCUT2D eigenvalue weighted by Crippen LogP contribution is 2.27. The molecule has 34 heavy (non-hydrogen) atoms. The lowest BCUT2D eigenvalue weighted by Crippen LogP contribution is -2.58. The molecule has 1 N–H and O–H groups in total. The van der Waals surface area contributed by atoms with Crippen molar-refractivity contribution in [3.63, 3.8) is 0 Å². The Bertz CT molecular complexity index is 893. The molecule has 0 unspecified atom stereocenters. The number of hydrogen-bond donors (Lipinski definition) is 1. The Morgan fingerprint density at radius 1 is 1.03 bits per heavy atom. The van der Waals surface area contributed by atoms with Crippen molar-refractivity contribution < 1.29 is 42.9 Å². The second-order valence-electron chi connectivity index (χ2n) is 8.29. The Balaban J connectivity index is 1.71. The van der Waals surface area contributed by atoms with Gasteiger partial charge in [-0.3, -0.25) is 9.59 Å². The number of carbonyl (C=O) groups excluding carboxylic acids is 3. The van der Waals surface area contributed by atoms with Gasteiger partial charge < -0.3 is 29.1 Å². The van der Waals surface area contributed by atoms with Crippen LogP contribution in [0.3, 0.4) is 0 Å². The van der Waals surface area contributed by atoms with Gasteiger partial charge in [0, 0.05) is 19.5 Å². The minimum atomic E-state index is -1.20. The van der Waals surface area contributed by atoms with Crippen molar-refractivity contribution in [3.8, 4) is 0 Å². The van der Waals surface area contributed by atoms with Gasteiger partial charge in [-0.25, -0.2) is 14.0 Å². The van der Waals surface area contributed by atoms with Crippen molar-refractivity contribution in [1.29, 1.82) is 0 Å². The second-order valence-corrected chi connectivity index (χ2v) is 8.29. The highest BCUT2D eigenvalue weighted by molar-refractivity contribution is 5.91. The van der Waals surface area contributed by atoms with Crippen molar-refractivity contribution in [2.24, 2.45) is 0 Å². The molecule has 0 aliphatic carbocycles. The van der Waals surface area contributed by atoms with Gasteiger partial charge in [0.15, 0.2) is 0 Å². The number of piperidine rings is 1. The average Bonchev–Trinajstić information content (AvgIpc) is 3.32. The summed E-state index contributed by atoms with van der Waals surface area (Å²) in [5, 5.41) is 8.74. The number of rotatable bonds is 9. The Labute approximate surface area is 196 Å². The van der Waals surface area contributed by atoms with E-state index in [2.05, 4.69) is 0 Å². The maximum Gasteiger partial charge on any atom is 0.329 e. The van der Waals surface area contributed by atoms with Gasteiger partial charge in [0.05, 0.1) is 19.8 Å². The van der Waals surface area contributed by atoms with Crippen LogP contribution >= 0.6 is 0 Å². The zero-order valence-electron chi connectivity index (χ0n) is 19.0. The van der Waals surface area contributed by atoms with E-state index in [-0.39, 0.29) is 37.4 Å². The van der Waals surface area contributed by atoms with Crippen molar-refractivity contribution in [1.82, 2.24) is 9.80 Å². The van der Waals surface area contributed by atoms with Gasteiger partial charge in [0.1, 0.15) is 31.1 Å². The van der Waals surface area contributed by atoms with E-state index >= 15 is 0 Å². The van der Waals surface area contributed by atoms with Gasteiger partial charge >= 0.3 is 11.9 Å². The Morgan fingerprint density at radius 3 is 2.44 bits per heavy atom. The minimum absolute atomic E-state index is 0.203. The molecule has 0 saturated carbocycles. The van der Waals surface area contributed by atoms with Crippen molar-refractivity contribution in [2.75, 3.05) is 33.4 Å². The number of carboxylic acid groups (broad SMARTS) is 1. The molecule has 2 fully saturated rings. The van der Waals surface area contributed by atoms with Crippen LogP contribution in [-0.4, -0.2) is 90.3 Å². The summed E-state index contributed by atoms with van der Waals surface area (Å²) < 4.78 is 28.9. The number of nitrogens with zero attached hydrogens (tertiary/aromatic N) is 2. The Kier molecular flexibility index (Phi) is 8.94. The molecule has 1 aromatic rings. The third kappa shape index (κ3) is 6.51. The van der Waals surface area contributed by atoms with E-state index in [9.17, 15) is 23.6 Å². The molecule has 0 aromatic heterocycles. The molecule has 186 valence electrons. The van der Waals surface area contributed by atoms with Crippen LogP contribution in [0.2, 0.25) is 0 Å². The van der Waals surface area contributed by atoms with Crippen molar-refractivity contribution in [3.05, 3.63) is 35.6 Å². The van der Waals surface area contributed by atoms with Crippen LogP contribution < -0.4 is 0 Å². The third-order valence-corrected chi connectivity index (χ3v) is 6.02. The van der Waals surface area contributed by atoms with Crippen LogP contribution in [0.5, 0.6) is 0 Å². The molecule has 2 heterocycles. The van der Waals surface area contributed by atoms with Crippen molar-refractivity contribution in [2.45, 2.75) is 50.5 Å². The molecular weight excluding hydrogens is 451 g/mol. The summed E-state index contributed by atoms with van der Waals surface area (Å²) in [6.45, 7) is -0.310. The molecule has 2 aliphatic heterocycles. The summed E-state index contributed by atoms with van der Waals surface area (Å²) in [7, 11) is 1.26. The first-order chi connectivity index (χ1) is 16.3. The second kappa shape index (κ2) is 11.9. The lowest BCUT2D eigenvalue weighted by molar-refractivity contribution is -0.159. The number of benzene rings is 1. The largest absolute Gasteiger partial charge is 0.480 e. The molecule has 2 saturated heterocycles. The molecule has 3 atom stereocenters. The van der Waals surface area contributed by atoms with E-state index in [4.69, 9.17) is 19.3 Å². The number of hydrogen-bond acceptors (Lipinski definition) is 7. The fourth-order valence-corrected chi connectivity index (χ4v) is 4.32. The molecular formula is C23H29FN2O8. The first kappa shape index (κ1) is 25.6. The first-order valence-electron chi connectivity index (χ1n) is 11.1. The van der Waals surface area contributed by atoms with E-state index in [0.717, 1.165) is 5.56 Å². The number of carbonyl (C=O) groups is 4.